The Kier molecular flexibility index (Phi) is 8.39. The molecule has 1 N–H and O–H groups in total. The molecule has 28 heavy (non-hydrogen) atoms. The minimum atomic E-state index is -0.889. The summed E-state index contributed by atoms with van der Waals surface area (Å²) in [4.78, 5) is 37.9. The van der Waals surface area contributed by atoms with Gasteiger partial charge in [0.15, 0.2) is 11.9 Å². The Morgan fingerprint density at radius 3 is 2.39 bits per heavy atom. The van der Waals surface area contributed by atoms with Gasteiger partial charge in [-0.15, -0.1) is 11.3 Å². The summed E-state index contributed by atoms with van der Waals surface area (Å²) in [6, 6.07) is 13.6. The van der Waals surface area contributed by atoms with Crippen molar-refractivity contribution in [1.82, 2.24) is 5.32 Å². The van der Waals surface area contributed by atoms with Gasteiger partial charge in [-0.25, -0.2) is 0 Å². The molecule has 0 saturated carbocycles. The third-order valence-electron chi connectivity index (χ3n) is 4.54. The first kappa shape index (κ1) is 21.8. The fourth-order valence-electron chi connectivity index (χ4n) is 2.82. The number of aryl methyl sites for hydroxylation is 1. The molecule has 0 unspecified atom stereocenters. The van der Waals surface area contributed by atoms with Gasteiger partial charge in [0.05, 0.1) is 11.3 Å². The quantitative estimate of drug-likeness (QED) is 0.477. The van der Waals surface area contributed by atoms with Gasteiger partial charge in [-0.1, -0.05) is 37.3 Å². The Morgan fingerprint density at radius 1 is 1.07 bits per heavy atom. The van der Waals surface area contributed by atoms with Crippen molar-refractivity contribution in [2.45, 2.75) is 52.1 Å². The van der Waals surface area contributed by atoms with Crippen LogP contribution in [0.3, 0.4) is 0 Å². The van der Waals surface area contributed by atoms with Crippen molar-refractivity contribution in [2.24, 2.45) is 0 Å². The monoisotopic (exact) mass is 401 g/mol. The van der Waals surface area contributed by atoms with Crippen LogP contribution in [0.2, 0.25) is 0 Å². The van der Waals surface area contributed by atoms with Crippen molar-refractivity contribution >= 4 is 29.0 Å². The van der Waals surface area contributed by atoms with Crippen molar-refractivity contribution in [3.63, 3.8) is 0 Å². The number of thiophene rings is 1. The fourth-order valence-corrected chi connectivity index (χ4v) is 3.66. The number of nitrogens with one attached hydrogen (secondary N) is 1. The molecule has 0 aliphatic heterocycles. The minimum absolute atomic E-state index is 0.0327. The van der Waals surface area contributed by atoms with Crippen molar-refractivity contribution < 1.29 is 19.1 Å². The lowest BCUT2D eigenvalue weighted by Gasteiger charge is -2.18. The lowest BCUT2D eigenvalue weighted by molar-refractivity contribution is -0.154. The standard InChI is InChI=1S/C22H27NO4S/c1-4-17(18-8-6-5-7-9-18)14-23-22(26)16(3)27-21(25)13-11-19(24)20-12-10-15(2)28-20/h5-10,12,16-17H,4,11,13-14H2,1-3H3,(H,23,26)/t16-,17-/m1/s1. The number of esters is 1. The molecule has 2 rings (SSSR count). The van der Waals surface area contributed by atoms with Crippen LogP contribution >= 0.6 is 11.3 Å². The molecule has 0 bridgehead atoms. The highest BCUT2D eigenvalue weighted by molar-refractivity contribution is 7.14. The summed E-state index contributed by atoms with van der Waals surface area (Å²) in [7, 11) is 0. The zero-order valence-electron chi connectivity index (χ0n) is 16.6. The van der Waals surface area contributed by atoms with Crippen LogP contribution in [0.4, 0.5) is 0 Å². The highest BCUT2D eigenvalue weighted by Crippen LogP contribution is 2.19. The highest BCUT2D eigenvalue weighted by Gasteiger charge is 2.20. The van der Waals surface area contributed by atoms with E-state index >= 15 is 0 Å². The number of ether oxygens (including phenoxy) is 1. The molecule has 150 valence electrons. The lowest BCUT2D eigenvalue weighted by atomic mass is 9.96. The van der Waals surface area contributed by atoms with E-state index in [-0.39, 0.29) is 30.4 Å². The molecule has 0 aliphatic rings. The zero-order chi connectivity index (χ0) is 20.5. The Hall–Kier alpha value is -2.47. The zero-order valence-corrected chi connectivity index (χ0v) is 17.4. The number of hydrogen-bond donors (Lipinski definition) is 1. The molecule has 0 spiro atoms. The first-order valence-electron chi connectivity index (χ1n) is 9.52. The summed E-state index contributed by atoms with van der Waals surface area (Å²) in [5.41, 5.74) is 1.16. The second kappa shape index (κ2) is 10.8. The minimum Gasteiger partial charge on any atom is -0.453 e. The van der Waals surface area contributed by atoms with Crippen LogP contribution in [-0.4, -0.2) is 30.3 Å². The number of benzene rings is 1. The molecule has 5 nitrogen and oxygen atoms in total. The van der Waals surface area contributed by atoms with Crippen LogP contribution < -0.4 is 5.32 Å². The van der Waals surface area contributed by atoms with Gasteiger partial charge >= 0.3 is 5.97 Å². The second-order valence-electron chi connectivity index (χ2n) is 6.73. The highest BCUT2D eigenvalue weighted by atomic mass is 32.1. The molecule has 2 atom stereocenters. The van der Waals surface area contributed by atoms with E-state index in [0.29, 0.717) is 11.4 Å². The lowest BCUT2D eigenvalue weighted by Crippen LogP contribution is -2.38. The molecule has 1 aromatic carbocycles. The predicted molar refractivity (Wildman–Crippen MR) is 111 cm³/mol. The van der Waals surface area contributed by atoms with E-state index in [1.807, 2.05) is 43.3 Å². The summed E-state index contributed by atoms with van der Waals surface area (Å²) in [6.45, 7) is 6.02. The van der Waals surface area contributed by atoms with E-state index in [1.54, 1.807) is 13.0 Å². The Bertz CT molecular complexity index is 800. The molecule has 0 radical (unpaired) electrons. The van der Waals surface area contributed by atoms with E-state index < -0.39 is 12.1 Å². The topological polar surface area (TPSA) is 72.5 Å². The summed E-state index contributed by atoms with van der Waals surface area (Å²) in [5, 5.41) is 2.85. The first-order valence-corrected chi connectivity index (χ1v) is 10.3. The summed E-state index contributed by atoms with van der Waals surface area (Å²) >= 11 is 1.41. The summed E-state index contributed by atoms with van der Waals surface area (Å²) in [6.07, 6.45) is 0.0523. The van der Waals surface area contributed by atoms with Gasteiger partial charge in [0.2, 0.25) is 0 Å². The average molecular weight is 402 g/mol. The normalized spacial score (nSPS) is 12.8. The average Bonchev–Trinajstić information content (AvgIpc) is 3.13. The number of hydrogen-bond acceptors (Lipinski definition) is 5. The van der Waals surface area contributed by atoms with Gasteiger partial charge in [-0.2, -0.15) is 0 Å². The summed E-state index contributed by atoms with van der Waals surface area (Å²) in [5.74, 6) is -0.747. The number of carbonyl (C=O) groups excluding carboxylic acids is 3. The SMILES string of the molecule is CC[C@H](CNC(=O)[C@@H](C)OC(=O)CCC(=O)c1ccc(C)s1)c1ccccc1. The fraction of sp³-hybridized carbons (Fsp3) is 0.409. The maximum atomic E-state index is 12.2. The van der Waals surface area contributed by atoms with Crippen LogP contribution in [0, 0.1) is 6.92 Å². The summed E-state index contributed by atoms with van der Waals surface area (Å²) < 4.78 is 5.18. The van der Waals surface area contributed by atoms with Crippen LogP contribution in [-0.2, 0) is 14.3 Å². The molecule has 2 aromatic rings. The number of rotatable bonds is 10. The van der Waals surface area contributed by atoms with Crippen LogP contribution in [0.5, 0.6) is 0 Å². The van der Waals surface area contributed by atoms with Gasteiger partial charge in [0.25, 0.3) is 5.91 Å². The van der Waals surface area contributed by atoms with Crippen molar-refractivity contribution in [3.05, 3.63) is 57.8 Å². The van der Waals surface area contributed by atoms with E-state index in [2.05, 4.69) is 12.2 Å². The Labute approximate surface area is 170 Å². The van der Waals surface area contributed by atoms with Gasteiger partial charge in [-0.3, -0.25) is 14.4 Å². The predicted octanol–water partition coefficient (Wildman–Crippen LogP) is 4.26. The third kappa shape index (κ3) is 6.60. The number of amides is 1. The number of ketones is 1. The van der Waals surface area contributed by atoms with Crippen LogP contribution in [0.1, 0.15) is 59.1 Å². The molecule has 1 aromatic heterocycles. The molecule has 1 heterocycles. The maximum absolute atomic E-state index is 12.2. The van der Waals surface area contributed by atoms with E-state index in [1.165, 1.54) is 11.3 Å². The smallest absolute Gasteiger partial charge is 0.307 e. The Balaban J connectivity index is 1.75. The third-order valence-corrected chi connectivity index (χ3v) is 5.58. The van der Waals surface area contributed by atoms with Gasteiger partial charge in [-0.05, 0) is 38.0 Å². The van der Waals surface area contributed by atoms with E-state index in [9.17, 15) is 14.4 Å². The molecule has 1 amide bonds. The van der Waals surface area contributed by atoms with E-state index in [0.717, 1.165) is 16.9 Å². The van der Waals surface area contributed by atoms with Gasteiger partial charge < -0.3 is 10.1 Å². The largest absolute Gasteiger partial charge is 0.453 e. The van der Waals surface area contributed by atoms with Crippen molar-refractivity contribution in [1.29, 1.82) is 0 Å². The van der Waals surface area contributed by atoms with Gasteiger partial charge in [0.1, 0.15) is 0 Å². The molecule has 6 heteroatoms. The first-order chi connectivity index (χ1) is 13.4. The van der Waals surface area contributed by atoms with Crippen molar-refractivity contribution in [2.75, 3.05) is 6.54 Å². The number of carbonyl (C=O) groups is 3. The second-order valence-corrected chi connectivity index (χ2v) is 8.01. The van der Waals surface area contributed by atoms with Crippen LogP contribution in [0.15, 0.2) is 42.5 Å². The molecule has 0 fully saturated rings. The van der Waals surface area contributed by atoms with E-state index in [4.69, 9.17) is 4.74 Å². The van der Waals surface area contributed by atoms with Crippen molar-refractivity contribution in [3.8, 4) is 0 Å². The molecule has 0 saturated heterocycles. The maximum Gasteiger partial charge on any atom is 0.307 e. The Morgan fingerprint density at radius 2 is 1.79 bits per heavy atom. The van der Waals surface area contributed by atoms with Gasteiger partial charge in [0, 0.05) is 23.8 Å². The molecular formula is C22H27NO4S. The number of Topliss-reactive ketones (excluding diaryl/α,β-unsaturated/α-hetero) is 1. The van der Waals surface area contributed by atoms with Crippen LogP contribution in [0.25, 0.3) is 0 Å². The molecular weight excluding hydrogens is 374 g/mol. The molecule has 0 aliphatic carbocycles.